The van der Waals surface area contributed by atoms with Crippen LogP contribution in [0.2, 0.25) is 0 Å². The quantitative estimate of drug-likeness (QED) is 0.424. The van der Waals surface area contributed by atoms with Crippen molar-refractivity contribution in [3.63, 3.8) is 0 Å². The molecule has 0 bridgehead atoms. The molecule has 3 aromatic carbocycles. The zero-order chi connectivity index (χ0) is 17.6. The molecule has 0 saturated carbocycles. The summed E-state index contributed by atoms with van der Waals surface area (Å²) < 4.78 is 5.90. The Morgan fingerprint density at radius 2 is 1.23 bits per heavy atom. The Kier molecular flexibility index (Phi) is 5.12. The summed E-state index contributed by atoms with van der Waals surface area (Å²) in [7, 11) is 0. The van der Waals surface area contributed by atoms with Gasteiger partial charge in [0, 0.05) is 0 Å². The molecule has 1 heterocycles. The Balaban J connectivity index is 1.57. The molecule has 0 atom stereocenters. The fourth-order valence-corrected chi connectivity index (χ4v) is 3.83. The van der Waals surface area contributed by atoms with Gasteiger partial charge in [-0.3, -0.25) is 0 Å². The lowest BCUT2D eigenvalue weighted by atomic mass is 10.0. The predicted molar refractivity (Wildman–Crippen MR) is 104 cm³/mol. The summed E-state index contributed by atoms with van der Waals surface area (Å²) in [5.41, 5.74) is 3.59. The summed E-state index contributed by atoms with van der Waals surface area (Å²) in [6.07, 6.45) is 0.649. The SMILES string of the molecule is c1ccc(Cc2nnc(SC(c3ccccc3)c3ccccc3)o2)cc1. The summed E-state index contributed by atoms with van der Waals surface area (Å²) >= 11 is 1.59. The maximum Gasteiger partial charge on any atom is 0.277 e. The molecule has 26 heavy (non-hydrogen) atoms. The topological polar surface area (TPSA) is 38.9 Å². The molecular weight excluding hydrogens is 340 g/mol. The summed E-state index contributed by atoms with van der Waals surface area (Å²) in [5, 5.41) is 9.17. The minimum Gasteiger partial charge on any atom is -0.416 e. The third kappa shape index (κ3) is 4.03. The highest BCUT2D eigenvalue weighted by Gasteiger charge is 2.19. The second kappa shape index (κ2) is 8.02. The van der Waals surface area contributed by atoms with E-state index in [9.17, 15) is 0 Å². The molecule has 0 N–H and O–H groups in total. The number of thioether (sulfide) groups is 1. The first-order valence-corrected chi connectivity index (χ1v) is 9.39. The Bertz CT molecular complexity index is 900. The van der Waals surface area contributed by atoms with E-state index in [1.165, 1.54) is 11.1 Å². The van der Waals surface area contributed by atoms with Gasteiger partial charge in [0.05, 0.1) is 11.7 Å². The van der Waals surface area contributed by atoms with Crippen molar-refractivity contribution in [2.75, 3.05) is 0 Å². The van der Waals surface area contributed by atoms with Crippen LogP contribution in [-0.2, 0) is 6.42 Å². The zero-order valence-corrected chi connectivity index (χ0v) is 15.0. The molecule has 128 valence electrons. The van der Waals surface area contributed by atoms with Crippen molar-refractivity contribution in [2.24, 2.45) is 0 Å². The van der Waals surface area contributed by atoms with Crippen LogP contribution in [0.1, 0.15) is 27.8 Å². The van der Waals surface area contributed by atoms with Crippen LogP contribution in [0.5, 0.6) is 0 Å². The number of benzene rings is 3. The van der Waals surface area contributed by atoms with Gasteiger partial charge in [0.25, 0.3) is 5.22 Å². The maximum absolute atomic E-state index is 5.90. The molecule has 3 nitrogen and oxygen atoms in total. The van der Waals surface area contributed by atoms with Crippen LogP contribution in [0.3, 0.4) is 0 Å². The first-order chi connectivity index (χ1) is 12.9. The lowest BCUT2D eigenvalue weighted by Gasteiger charge is -2.15. The number of aromatic nitrogens is 2. The Morgan fingerprint density at radius 1 is 0.692 bits per heavy atom. The minimum absolute atomic E-state index is 0.113. The fourth-order valence-electron chi connectivity index (χ4n) is 2.81. The Hall–Kier alpha value is -2.85. The van der Waals surface area contributed by atoms with Crippen molar-refractivity contribution in [2.45, 2.75) is 16.9 Å². The standard InChI is InChI=1S/C22H18N2OS/c1-4-10-17(11-5-1)16-20-23-24-22(25-20)26-21(18-12-6-2-7-13-18)19-14-8-3-9-15-19/h1-15,21H,16H2. The van der Waals surface area contributed by atoms with E-state index in [1.54, 1.807) is 11.8 Å². The second-order valence-electron chi connectivity index (χ2n) is 5.94. The van der Waals surface area contributed by atoms with Crippen LogP contribution in [0.25, 0.3) is 0 Å². The molecule has 0 aliphatic heterocycles. The van der Waals surface area contributed by atoms with E-state index in [2.05, 4.69) is 70.9 Å². The van der Waals surface area contributed by atoms with Gasteiger partial charge in [-0.15, -0.1) is 10.2 Å². The molecule has 0 aliphatic rings. The van der Waals surface area contributed by atoms with E-state index >= 15 is 0 Å². The number of rotatable bonds is 6. The van der Waals surface area contributed by atoms with E-state index in [1.807, 2.05) is 30.3 Å². The Labute approximate surface area is 157 Å². The lowest BCUT2D eigenvalue weighted by molar-refractivity contribution is 0.420. The van der Waals surface area contributed by atoms with Gasteiger partial charge in [-0.1, -0.05) is 103 Å². The number of nitrogens with zero attached hydrogens (tertiary/aromatic N) is 2. The van der Waals surface area contributed by atoms with Crippen LogP contribution < -0.4 is 0 Å². The summed E-state index contributed by atoms with van der Waals surface area (Å²) in [5.74, 6) is 0.638. The molecule has 0 saturated heterocycles. The minimum atomic E-state index is 0.113. The summed E-state index contributed by atoms with van der Waals surface area (Å²) in [6, 6.07) is 31.0. The van der Waals surface area contributed by atoms with Crippen molar-refractivity contribution in [1.29, 1.82) is 0 Å². The number of hydrogen-bond donors (Lipinski definition) is 0. The van der Waals surface area contributed by atoms with Gasteiger partial charge in [0.15, 0.2) is 0 Å². The normalized spacial score (nSPS) is 11.0. The van der Waals surface area contributed by atoms with E-state index in [0.29, 0.717) is 17.5 Å². The second-order valence-corrected chi connectivity index (χ2v) is 7.00. The Morgan fingerprint density at radius 3 is 1.81 bits per heavy atom. The van der Waals surface area contributed by atoms with Crippen molar-refractivity contribution >= 4 is 11.8 Å². The smallest absolute Gasteiger partial charge is 0.277 e. The molecule has 4 heteroatoms. The number of hydrogen-bond acceptors (Lipinski definition) is 4. The highest BCUT2D eigenvalue weighted by molar-refractivity contribution is 7.99. The first-order valence-electron chi connectivity index (χ1n) is 8.51. The van der Waals surface area contributed by atoms with Gasteiger partial charge in [-0.2, -0.15) is 0 Å². The molecule has 0 radical (unpaired) electrons. The van der Waals surface area contributed by atoms with Gasteiger partial charge >= 0.3 is 0 Å². The fraction of sp³-hybridized carbons (Fsp3) is 0.0909. The van der Waals surface area contributed by atoms with Crippen LogP contribution in [-0.4, -0.2) is 10.2 Å². The summed E-state index contributed by atoms with van der Waals surface area (Å²) in [6.45, 7) is 0. The van der Waals surface area contributed by atoms with Gasteiger partial charge in [-0.05, 0) is 16.7 Å². The molecule has 1 aromatic heterocycles. The molecule has 4 aromatic rings. The molecule has 4 rings (SSSR count). The average Bonchev–Trinajstić information content (AvgIpc) is 3.15. The summed E-state index contributed by atoms with van der Waals surface area (Å²) in [4.78, 5) is 0. The van der Waals surface area contributed by atoms with E-state index < -0.39 is 0 Å². The molecule has 0 spiro atoms. The average molecular weight is 358 g/mol. The van der Waals surface area contributed by atoms with Crippen LogP contribution in [0, 0.1) is 0 Å². The van der Waals surface area contributed by atoms with Gasteiger partial charge < -0.3 is 4.42 Å². The first kappa shape index (κ1) is 16.6. The van der Waals surface area contributed by atoms with Crippen LogP contribution in [0.4, 0.5) is 0 Å². The molecule has 0 fully saturated rings. The molecule has 0 aliphatic carbocycles. The van der Waals surface area contributed by atoms with E-state index in [0.717, 1.165) is 5.56 Å². The van der Waals surface area contributed by atoms with Gasteiger partial charge in [0.2, 0.25) is 5.89 Å². The van der Waals surface area contributed by atoms with Crippen molar-refractivity contribution in [3.05, 3.63) is 114 Å². The molecule has 0 amide bonds. The van der Waals surface area contributed by atoms with E-state index in [4.69, 9.17) is 4.42 Å². The van der Waals surface area contributed by atoms with Crippen LogP contribution >= 0.6 is 11.8 Å². The highest BCUT2D eigenvalue weighted by atomic mass is 32.2. The van der Waals surface area contributed by atoms with Crippen molar-refractivity contribution < 1.29 is 4.42 Å². The monoisotopic (exact) mass is 358 g/mol. The van der Waals surface area contributed by atoms with Crippen molar-refractivity contribution in [1.82, 2.24) is 10.2 Å². The highest BCUT2D eigenvalue weighted by Crippen LogP contribution is 2.39. The largest absolute Gasteiger partial charge is 0.416 e. The van der Waals surface area contributed by atoms with Crippen molar-refractivity contribution in [3.8, 4) is 0 Å². The third-order valence-electron chi connectivity index (χ3n) is 4.07. The van der Waals surface area contributed by atoms with Gasteiger partial charge in [-0.25, -0.2) is 0 Å². The zero-order valence-electron chi connectivity index (χ0n) is 14.2. The predicted octanol–water partition coefficient (Wildman–Crippen LogP) is 5.54. The lowest BCUT2D eigenvalue weighted by Crippen LogP contribution is -1.96. The maximum atomic E-state index is 5.90. The molecular formula is C22H18N2OS. The third-order valence-corrected chi connectivity index (χ3v) is 5.22. The van der Waals surface area contributed by atoms with Gasteiger partial charge in [0.1, 0.15) is 0 Å². The van der Waals surface area contributed by atoms with Crippen LogP contribution in [0.15, 0.2) is 101 Å². The molecule has 0 unspecified atom stereocenters. The van der Waals surface area contributed by atoms with E-state index in [-0.39, 0.29) is 5.25 Å².